The number of anilines is 1. The molecule has 8 N–H and O–H groups in total. The van der Waals surface area contributed by atoms with Gasteiger partial charge in [-0.1, -0.05) is 30.3 Å². The lowest BCUT2D eigenvalue weighted by atomic mass is 10.1. The topological polar surface area (TPSA) is 149 Å². The van der Waals surface area contributed by atoms with Gasteiger partial charge in [0.2, 0.25) is 0 Å². The molecule has 1 aromatic heterocycles. The minimum absolute atomic E-state index is 0.0636. The standard InChI is InChI=1S/C16H24N6O2/c17-15(18)20-8-4-7-12-14(22-16(19)21-12)13(23)10-24-9-11-5-2-1-3-6-11/h1-3,5-6,13,23H,4,7-10H2,(H4,17,18,20)(H3,19,21,22). The maximum Gasteiger partial charge on any atom is 0.198 e. The van der Waals surface area contributed by atoms with Gasteiger partial charge in [-0.15, -0.1) is 0 Å². The van der Waals surface area contributed by atoms with Gasteiger partial charge in [-0.3, -0.25) is 4.99 Å². The lowest BCUT2D eigenvalue weighted by Gasteiger charge is -2.11. The van der Waals surface area contributed by atoms with Gasteiger partial charge in [0.25, 0.3) is 0 Å². The van der Waals surface area contributed by atoms with Crippen LogP contribution in [0.2, 0.25) is 0 Å². The van der Waals surface area contributed by atoms with E-state index in [1.807, 2.05) is 30.3 Å². The van der Waals surface area contributed by atoms with Gasteiger partial charge in [-0.2, -0.15) is 0 Å². The molecule has 0 aliphatic heterocycles. The molecular weight excluding hydrogens is 308 g/mol. The van der Waals surface area contributed by atoms with Gasteiger partial charge < -0.3 is 32.0 Å². The molecule has 0 aliphatic rings. The number of hydrogen-bond donors (Lipinski definition) is 5. The van der Waals surface area contributed by atoms with Crippen molar-refractivity contribution in [3.63, 3.8) is 0 Å². The van der Waals surface area contributed by atoms with Crippen LogP contribution in [0.4, 0.5) is 5.95 Å². The maximum atomic E-state index is 10.3. The molecule has 0 bridgehead atoms. The minimum Gasteiger partial charge on any atom is -0.384 e. The molecule has 0 saturated carbocycles. The number of H-pyrrole nitrogens is 1. The summed E-state index contributed by atoms with van der Waals surface area (Å²) in [6, 6.07) is 9.76. The van der Waals surface area contributed by atoms with Gasteiger partial charge in [0.15, 0.2) is 11.9 Å². The first kappa shape index (κ1) is 17.8. The molecule has 2 aromatic rings. The van der Waals surface area contributed by atoms with E-state index in [0.717, 1.165) is 11.3 Å². The average molecular weight is 332 g/mol. The highest BCUT2D eigenvalue weighted by atomic mass is 16.5. The van der Waals surface area contributed by atoms with Crippen molar-refractivity contribution in [2.75, 3.05) is 18.9 Å². The van der Waals surface area contributed by atoms with Crippen LogP contribution in [0.15, 0.2) is 35.3 Å². The fraction of sp³-hybridized carbons (Fsp3) is 0.375. The number of aliphatic hydroxyl groups excluding tert-OH is 1. The molecule has 1 aromatic carbocycles. The van der Waals surface area contributed by atoms with Crippen LogP contribution in [0.5, 0.6) is 0 Å². The number of aromatic nitrogens is 2. The lowest BCUT2D eigenvalue weighted by Crippen LogP contribution is -2.23. The predicted molar refractivity (Wildman–Crippen MR) is 93.1 cm³/mol. The summed E-state index contributed by atoms with van der Waals surface area (Å²) in [6.07, 6.45) is 0.497. The number of hydrogen-bond acceptors (Lipinski definition) is 5. The molecule has 0 fully saturated rings. The zero-order chi connectivity index (χ0) is 17.4. The average Bonchev–Trinajstić information content (AvgIpc) is 2.93. The normalized spacial score (nSPS) is 12.0. The number of rotatable bonds is 9. The highest BCUT2D eigenvalue weighted by molar-refractivity contribution is 5.75. The first-order valence-electron chi connectivity index (χ1n) is 7.75. The zero-order valence-corrected chi connectivity index (χ0v) is 13.5. The maximum absolute atomic E-state index is 10.3. The number of nitrogens with zero attached hydrogens (tertiary/aromatic N) is 2. The lowest BCUT2D eigenvalue weighted by molar-refractivity contribution is 0.0254. The molecular formula is C16H24N6O2. The van der Waals surface area contributed by atoms with Crippen LogP contribution in [-0.4, -0.2) is 34.2 Å². The summed E-state index contributed by atoms with van der Waals surface area (Å²) in [4.78, 5) is 11.0. The number of guanidine groups is 1. The first-order chi connectivity index (χ1) is 11.6. The number of aromatic amines is 1. The summed E-state index contributed by atoms with van der Waals surface area (Å²) in [6.45, 7) is 1.07. The Kier molecular flexibility index (Phi) is 6.59. The van der Waals surface area contributed by atoms with Crippen LogP contribution in [0.25, 0.3) is 0 Å². The van der Waals surface area contributed by atoms with E-state index in [1.54, 1.807) is 0 Å². The third-order valence-electron chi connectivity index (χ3n) is 3.41. The highest BCUT2D eigenvalue weighted by Crippen LogP contribution is 2.19. The van der Waals surface area contributed by atoms with Crippen LogP contribution < -0.4 is 17.2 Å². The molecule has 0 aliphatic carbocycles. The van der Waals surface area contributed by atoms with E-state index in [0.29, 0.717) is 31.7 Å². The van der Waals surface area contributed by atoms with Gasteiger partial charge in [0.1, 0.15) is 6.10 Å². The van der Waals surface area contributed by atoms with Crippen molar-refractivity contribution < 1.29 is 9.84 Å². The Labute approximate surface area is 140 Å². The van der Waals surface area contributed by atoms with Gasteiger partial charge in [-0.05, 0) is 18.4 Å². The quantitative estimate of drug-likeness (QED) is 0.256. The summed E-state index contributed by atoms with van der Waals surface area (Å²) < 4.78 is 5.56. The molecule has 24 heavy (non-hydrogen) atoms. The number of aliphatic hydroxyl groups is 1. The van der Waals surface area contributed by atoms with Crippen molar-refractivity contribution in [1.29, 1.82) is 0 Å². The summed E-state index contributed by atoms with van der Waals surface area (Å²) >= 11 is 0. The van der Waals surface area contributed by atoms with Crippen molar-refractivity contribution in [3.8, 4) is 0 Å². The Morgan fingerprint density at radius 3 is 2.75 bits per heavy atom. The van der Waals surface area contributed by atoms with Crippen molar-refractivity contribution in [2.24, 2.45) is 16.5 Å². The molecule has 0 saturated heterocycles. The highest BCUT2D eigenvalue weighted by Gasteiger charge is 2.17. The van der Waals surface area contributed by atoms with Gasteiger partial charge in [0, 0.05) is 12.2 Å². The van der Waals surface area contributed by atoms with Crippen LogP contribution in [0, 0.1) is 0 Å². The number of ether oxygens (including phenoxy) is 1. The second kappa shape index (κ2) is 8.90. The third-order valence-corrected chi connectivity index (χ3v) is 3.41. The van der Waals surface area contributed by atoms with Crippen molar-refractivity contribution in [2.45, 2.75) is 25.6 Å². The number of nitrogen functional groups attached to an aromatic ring is 1. The van der Waals surface area contributed by atoms with Crippen LogP contribution in [0.3, 0.4) is 0 Å². The van der Waals surface area contributed by atoms with Crippen LogP contribution >= 0.6 is 0 Å². The molecule has 0 radical (unpaired) electrons. The number of benzene rings is 1. The molecule has 130 valence electrons. The van der Waals surface area contributed by atoms with E-state index in [-0.39, 0.29) is 18.5 Å². The number of aryl methyl sites for hydroxylation is 1. The molecule has 0 amide bonds. The zero-order valence-electron chi connectivity index (χ0n) is 13.5. The van der Waals surface area contributed by atoms with Crippen molar-refractivity contribution >= 4 is 11.9 Å². The van der Waals surface area contributed by atoms with Crippen molar-refractivity contribution in [1.82, 2.24) is 9.97 Å². The van der Waals surface area contributed by atoms with Gasteiger partial charge in [0.05, 0.1) is 18.9 Å². The Hall–Kier alpha value is -2.58. The second-order valence-electron chi connectivity index (χ2n) is 5.41. The van der Waals surface area contributed by atoms with E-state index < -0.39 is 6.10 Å². The fourth-order valence-electron chi connectivity index (χ4n) is 2.32. The summed E-state index contributed by atoms with van der Waals surface area (Å²) in [5.74, 6) is 0.331. The predicted octanol–water partition coefficient (Wildman–Crippen LogP) is 0.448. The molecule has 1 atom stereocenters. The number of nitrogens with two attached hydrogens (primary N) is 3. The smallest absolute Gasteiger partial charge is 0.198 e. The Morgan fingerprint density at radius 1 is 1.29 bits per heavy atom. The monoisotopic (exact) mass is 332 g/mol. The SMILES string of the molecule is NC(N)=NCCCc1[nH]c(N)nc1C(O)COCc1ccccc1. The molecule has 1 heterocycles. The van der Waals surface area contributed by atoms with Crippen LogP contribution in [-0.2, 0) is 17.8 Å². The third kappa shape index (κ3) is 5.56. The van der Waals surface area contributed by atoms with Crippen LogP contribution in [0.1, 0.15) is 29.5 Å². The van der Waals surface area contributed by atoms with E-state index in [2.05, 4.69) is 15.0 Å². The molecule has 1 unspecified atom stereocenters. The molecule has 8 heteroatoms. The Bertz CT molecular complexity index is 652. The van der Waals surface area contributed by atoms with Gasteiger partial charge >= 0.3 is 0 Å². The molecule has 8 nitrogen and oxygen atoms in total. The molecule has 0 spiro atoms. The van der Waals surface area contributed by atoms with Crippen molar-refractivity contribution in [3.05, 3.63) is 47.3 Å². The van der Waals surface area contributed by atoms with E-state index in [1.165, 1.54) is 0 Å². The second-order valence-corrected chi connectivity index (χ2v) is 5.41. The summed E-state index contributed by atoms with van der Waals surface area (Å²) in [7, 11) is 0. The Balaban J connectivity index is 1.86. The summed E-state index contributed by atoms with van der Waals surface area (Å²) in [5.41, 5.74) is 18.6. The number of aliphatic imine (C=N–C) groups is 1. The van der Waals surface area contributed by atoms with E-state index in [9.17, 15) is 5.11 Å². The van der Waals surface area contributed by atoms with E-state index in [4.69, 9.17) is 21.9 Å². The minimum atomic E-state index is -0.847. The largest absolute Gasteiger partial charge is 0.384 e. The molecule has 2 rings (SSSR count). The van der Waals surface area contributed by atoms with E-state index >= 15 is 0 Å². The summed E-state index contributed by atoms with van der Waals surface area (Å²) in [5, 5.41) is 10.3. The first-order valence-corrected chi connectivity index (χ1v) is 7.75. The fourth-order valence-corrected chi connectivity index (χ4v) is 2.32. The Morgan fingerprint density at radius 2 is 2.04 bits per heavy atom. The number of imidazole rings is 1. The van der Waals surface area contributed by atoms with Gasteiger partial charge in [-0.25, -0.2) is 4.98 Å². The number of nitrogens with one attached hydrogen (secondary N) is 1.